The Morgan fingerprint density at radius 1 is 1.20 bits per heavy atom. The Balaban J connectivity index is 2.00. The molecular formula is C26H40BrN3O4S. The summed E-state index contributed by atoms with van der Waals surface area (Å²) in [6.45, 7) is 11.8. The molecule has 0 aromatic rings. The number of carbonyl (C=O) groups is 3. The van der Waals surface area contributed by atoms with Gasteiger partial charge in [0.15, 0.2) is 0 Å². The summed E-state index contributed by atoms with van der Waals surface area (Å²) < 4.78 is -0.620. The standard InChI is InChI=1S/C26H40BrN3O4S/c1-5-8-14-29(13-7-3)25(34)22-26-17-18(27)21(35-26)19(23(32)28(4)12-6-2)20(26)24(33)30(22)15-10-9-11-16-31/h6-7,18-22,31H,2-3,5,8-17H2,1,4H3/t18?,19-,20-,21-,22?,26?/m0/s1. The number of amides is 3. The first-order valence-corrected chi connectivity index (χ1v) is 14.6. The normalized spacial score (nSPS) is 30.9. The molecule has 3 fully saturated rings. The van der Waals surface area contributed by atoms with Gasteiger partial charge in [-0.2, -0.15) is 0 Å². The summed E-state index contributed by atoms with van der Waals surface area (Å²) in [6, 6.07) is -0.594. The minimum Gasteiger partial charge on any atom is -0.396 e. The average molecular weight is 571 g/mol. The van der Waals surface area contributed by atoms with Crippen molar-refractivity contribution in [3.63, 3.8) is 0 Å². The highest BCUT2D eigenvalue weighted by atomic mass is 79.9. The Hall–Kier alpha value is -1.32. The first-order chi connectivity index (χ1) is 16.8. The molecule has 3 saturated heterocycles. The van der Waals surface area contributed by atoms with E-state index in [2.05, 4.69) is 36.0 Å². The second-order valence-corrected chi connectivity index (χ2v) is 12.6. The molecule has 3 aliphatic rings. The van der Waals surface area contributed by atoms with Crippen molar-refractivity contribution >= 4 is 45.4 Å². The Kier molecular flexibility index (Phi) is 9.91. The minimum absolute atomic E-state index is 0.0308. The fraction of sp³-hybridized carbons (Fsp3) is 0.731. The van der Waals surface area contributed by atoms with Gasteiger partial charge in [-0.15, -0.1) is 24.9 Å². The van der Waals surface area contributed by atoms with Gasteiger partial charge >= 0.3 is 0 Å². The molecule has 6 atom stereocenters. The number of unbranched alkanes of at least 4 members (excludes halogenated alkanes) is 3. The van der Waals surface area contributed by atoms with Crippen LogP contribution in [0.25, 0.3) is 0 Å². The Morgan fingerprint density at radius 3 is 2.54 bits per heavy atom. The van der Waals surface area contributed by atoms with E-state index in [-0.39, 0.29) is 34.4 Å². The van der Waals surface area contributed by atoms with E-state index < -0.39 is 22.6 Å². The van der Waals surface area contributed by atoms with Gasteiger partial charge in [-0.3, -0.25) is 14.4 Å². The lowest BCUT2D eigenvalue weighted by Crippen LogP contribution is -2.56. The smallest absolute Gasteiger partial charge is 0.247 e. The number of carbonyl (C=O) groups excluding carboxylic acids is 3. The zero-order valence-corrected chi connectivity index (χ0v) is 23.4. The Labute approximate surface area is 222 Å². The molecule has 3 unspecified atom stereocenters. The summed E-state index contributed by atoms with van der Waals surface area (Å²) in [6.07, 6.45) is 8.15. The molecule has 35 heavy (non-hydrogen) atoms. The second kappa shape index (κ2) is 12.3. The number of aliphatic hydroxyl groups is 1. The summed E-state index contributed by atoms with van der Waals surface area (Å²) in [4.78, 5) is 47.0. The van der Waals surface area contributed by atoms with Crippen LogP contribution in [-0.4, -0.2) is 98.2 Å². The van der Waals surface area contributed by atoms with E-state index in [0.29, 0.717) is 39.0 Å². The van der Waals surface area contributed by atoms with Crippen LogP contribution < -0.4 is 0 Å². The van der Waals surface area contributed by atoms with E-state index in [1.807, 2.05) is 4.90 Å². The van der Waals surface area contributed by atoms with E-state index >= 15 is 0 Å². The Bertz CT molecular complexity index is 826. The second-order valence-electron chi connectivity index (χ2n) is 9.91. The van der Waals surface area contributed by atoms with E-state index in [4.69, 9.17) is 0 Å². The van der Waals surface area contributed by atoms with Crippen molar-refractivity contribution in [2.45, 2.75) is 66.3 Å². The van der Waals surface area contributed by atoms with Crippen LogP contribution in [0.2, 0.25) is 0 Å². The quantitative estimate of drug-likeness (QED) is 0.197. The summed E-state index contributed by atoms with van der Waals surface area (Å²) >= 11 is 5.49. The zero-order chi connectivity index (χ0) is 25.8. The van der Waals surface area contributed by atoms with Crippen molar-refractivity contribution in [3.05, 3.63) is 25.3 Å². The van der Waals surface area contributed by atoms with Crippen molar-refractivity contribution in [1.82, 2.24) is 14.7 Å². The molecule has 7 nitrogen and oxygen atoms in total. The molecule has 2 bridgehead atoms. The fourth-order valence-corrected chi connectivity index (χ4v) is 9.61. The lowest BCUT2D eigenvalue weighted by Gasteiger charge is -2.38. The van der Waals surface area contributed by atoms with Crippen LogP contribution in [-0.2, 0) is 14.4 Å². The van der Waals surface area contributed by atoms with Gasteiger partial charge in [0.1, 0.15) is 6.04 Å². The van der Waals surface area contributed by atoms with Crippen LogP contribution in [0, 0.1) is 11.8 Å². The molecule has 3 heterocycles. The molecular weight excluding hydrogens is 530 g/mol. The van der Waals surface area contributed by atoms with Crippen LogP contribution in [0.15, 0.2) is 25.3 Å². The maximum Gasteiger partial charge on any atom is 0.247 e. The molecule has 0 aliphatic carbocycles. The van der Waals surface area contributed by atoms with Gasteiger partial charge in [-0.05, 0) is 32.1 Å². The van der Waals surface area contributed by atoms with Crippen LogP contribution in [0.4, 0.5) is 0 Å². The largest absolute Gasteiger partial charge is 0.396 e. The highest BCUT2D eigenvalue weighted by Crippen LogP contribution is 2.68. The molecule has 3 aliphatic heterocycles. The summed E-state index contributed by atoms with van der Waals surface area (Å²) in [7, 11) is 1.75. The zero-order valence-electron chi connectivity index (χ0n) is 21.0. The third kappa shape index (κ3) is 5.23. The van der Waals surface area contributed by atoms with Gasteiger partial charge in [0.25, 0.3) is 0 Å². The van der Waals surface area contributed by atoms with Crippen LogP contribution in [0.1, 0.15) is 45.4 Å². The maximum absolute atomic E-state index is 14.1. The van der Waals surface area contributed by atoms with E-state index in [0.717, 1.165) is 25.7 Å². The van der Waals surface area contributed by atoms with Crippen molar-refractivity contribution in [3.8, 4) is 0 Å². The molecule has 1 N–H and O–H groups in total. The van der Waals surface area contributed by atoms with Crippen LogP contribution in [0.3, 0.4) is 0 Å². The van der Waals surface area contributed by atoms with Crippen LogP contribution >= 0.6 is 27.7 Å². The fourth-order valence-electron chi connectivity index (χ4n) is 6.01. The summed E-state index contributed by atoms with van der Waals surface area (Å²) in [5, 5.41) is 9.15. The molecule has 196 valence electrons. The lowest BCUT2D eigenvalue weighted by molar-refractivity contribution is -0.144. The number of aliphatic hydroxyl groups excluding tert-OH is 1. The van der Waals surface area contributed by atoms with Gasteiger partial charge < -0.3 is 19.8 Å². The molecule has 0 saturated carbocycles. The third-order valence-electron chi connectivity index (χ3n) is 7.59. The van der Waals surface area contributed by atoms with Gasteiger partial charge in [0.2, 0.25) is 17.7 Å². The van der Waals surface area contributed by atoms with Crippen LogP contribution in [0.5, 0.6) is 0 Å². The number of hydrogen-bond acceptors (Lipinski definition) is 5. The first kappa shape index (κ1) is 28.3. The molecule has 0 aromatic heterocycles. The molecule has 1 spiro atoms. The van der Waals surface area contributed by atoms with Gasteiger partial charge in [-0.25, -0.2) is 0 Å². The number of rotatable bonds is 14. The molecule has 3 rings (SSSR count). The van der Waals surface area contributed by atoms with Crippen molar-refractivity contribution < 1.29 is 19.5 Å². The molecule has 0 aromatic carbocycles. The van der Waals surface area contributed by atoms with Gasteiger partial charge in [0.05, 0.1) is 16.6 Å². The predicted octanol–water partition coefficient (Wildman–Crippen LogP) is 3.07. The SMILES string of the molecule is C=CCN(C)C(=O)[C@H]1[C@H]2C(=O)N(CCCCCO)C(C(=O)N(CC=C)CCCC)C23CC(Br)[C@@H]1S3. The van der Waals surface area contributed by atoms with E-state index in [1.54, 1.807) is 40.8 Å². The number of hydrogen-bond donors (Lipinski definition) is 1. The maximum atomic E-state index is 14.1. The Morgan fingerprint density at radius 2 is 1.91 bits per heavy atom. The number of alkyl halides is 1. The number of fused-ring (bicyclic) bond motifs is 1. The predicted molar refractivity (Wildman–Crippen MR) is 144 cm³/mol. The minimum atomic E-state index is -0.620. The topological polar surface area (TPSA) is 81.2 Å². The van der Waals surface area contributed by atoms with Crippen molar-refractivity contribution in [1.29, 1.82) is 0 Å². The van der Waals surface area contributed by atoms with E-state index in [1.165, 1.54) is 0 Å². The highest BCUT2D eigenvalue weighted by molar-refractivity contribution is 9.09. The third-order valence-corrected chi connectivity index (χ3v) is 10.8. The number of halogens is 1. The van der Waals surface area contributed by atoms with Crippen molar-refractivity contribution in [2.24, 2.45) is 11.8 Å². The molecule has 3 amide bonds. The van der Waals surface area contributed by atoms with Gasteiger partial charge in [0, 0.05) is 49.9 Å². The van der Waals surface area contributed by atoms with Gasteiger partial charge in [-0.1, -0.05) is 41.4 Å². The first-order valence-electron chi connectivity index (χ1n) is 12.8. The summed E-state index contributed by atoms with van der Waals surface area (Å²) in [5.41, 5.74) is 0. The summed E-state index contributed by atoms with van der Waals surface area (Å²) in [5.74, 6) is -1.11. The monoisotopic (exact) mass is 569 g/mol. The number of likely N-dealkylation sites (N-methyl/N-ethyl adjacent to an activating group) is 1. The lowest BCUT2D eigenvalue weighted by atomic mass is 9.70. The average Bonchev–Trinajstić information content (AvgIpc) is 3.42. The number of thioether (sulfide) groups is 1. The van der Waals surface area contributed by atoms with E-state index in [9.17, 15) is 19.5 Å². The molecule has 9 heteroatoms. The highest BCUT2D eigenvalue weighted by Gasteiger charge is 2.75. The molecule has 0 radical (unpaired) electrons. The number of likely N-dealkylation sites (tertiary alicyclic amines) is 1. The number of nitrogens with zero attached hydrogens (tertiary/aromatic N) is 3. The van der Waals surface area contributed by atoms with Crippen molar-refractivity contribution in [2.75, 3.05) is 39.8 Å².